The molecule has 1 aromatic heterocycles. The maximum atomic E-state index is 12.2. The van der Waals surface area contributed by atoms with Crippen LogP contribution in [0, 0.1) is 3.57 Å². The third kappa shape index (κ3) is 3.73. The van der Waals surface area contributed by atoms with Gasteiger partial charge in [-0.2, -0.15) is 0 Å². The lowest BCUT2D eigenvalue weighted by Crippen LogP contribution is -2.30. The second-order valence-corrected chi connectivity index (χ2v) is 6.42. The van der Waals surface area contributed by atoms with Crippen LogP contribution in [-0.4, -0.2) is 27.9 Å². The number of aromatic nitrogens is 2. The average Bonchev–Trinajstić information content (AvgIpc) is 3.04. The van der Waals surface area contributed by atoms with E-state index in [0.717, 1.165) is 14.6 Å². The van der Waals surface area contributed by atoms with E-state index in [-0.39, 0.29) is 5.91 Å². The van der Waals surface area contributed by atoms with Crippen molar-refractivity contribution in [2.45, 2.75) is 13.0 Å². The second kappa shape index (κ2) is 7.00. The number of ether oxygens (including phenoxy) is 1. The first-order valence-corrected chi connectivity index (χ1v) is 8.31. The Morgan fingerprint density at radius 1 is 1.21 bits per heavy atom. The molecule has 0 saturated carbocycles. The Morgan fingerprint density at radius 3 is 2.71 bits per heavy atom. The highest BCUT2D eigenvalue weighted by Gasteiger charge is 2.19. The topological polar surface area (TPSA) is 84.1 Å². The van der Waals surface area contributed by atoms with Gasteiger partial charge in [0.2, 0.25) is 0 Å². The number of carbonyl (C=O) groups excluding carboxylic acids is 2. The van der Waals surface area contributed by atoms with Gasteiger partial charge in [0.25, 0.3) is 5.91 Å². The van der Waals surface area contributed by atoms with E-state index in [1.807, 2.05) is 12.1 Å². The molecule has 0 bridgehead atoms. The Balaban J connectivity index is 1.64. The number of anilines is 1. The zero-order valence-corrected chi connectivity index (χ0v) is 14.9. The molecule has 1 atom stereocenters. The highest BCUT2D eigenvalue weighted by molar-refractivity contribution is 14.1. The monoisotopic (exact) mass is 435 g/mol. The number of esters is 1. The lowest BCUT2D eigenvalue weighted by molar-refractivity contribution is -0.123. The van der Waals surface area contributed by atoms with Gasteiger partial charge in [-0.05, 0) is 72.0 Å². The minimum Gasteiger partial charge on any atom is -0.449 e. The number of nitrogens with zero attached hydrogens (tertiary/aromatic N) is 1. The molecule has 3 rings (SSSR count). The summed E-state index contributed by atoms with van der Waals surface area (Å²) < 4.78 is 6.30. The summed E-state index contributed by atoms with van der Waals surface area (Å²) in [5.74, 6) is -0.941. The predicted molar refractivity (Wildman–Crippen MR) is 98.8 cm³/mol. The van der Waals surface area contributed by atoms with Gasteiger partial charge >= 0.3 is 5.97 Å². The summed E-state index contributed by atoms with van der Waals surface area (Å²) in [6.07, 6.45) is 0.644. The molecule has 0 aliphatic carbocycles. The fourth-order valence-corrected chi connectivity index (χ4v) is 2.48. The number of hydrogen-bond donors (Lipinski definition) is 2. The van der Waals surface area contributed by atoms with Crippen molar-refractivity contribution < 1.29 is 14.3 Å². The van der Waals surface area contributed by atoms with E-state index < -0.39 is 12.1 Å². The van der Waals surface area contributed by atoms with Crippen molar-refractivity contribution in [1.29, 1.82) is 0 Å². The van der Waals surface area contributed by atoms with Gasteiger partial charge in [0, 0.05) is 9.26 Å². The highest BCUT2D eigenvalue weighted by Crippen LogP contribution is 2.15. The molecule has 122 valence electrons. The lowest BCUT2D eigenvalue weighted by Gasteiger charge is -2.13. The predicted octanol–water partition coefficient (Wildman–Crippen LogP) is 3.35. The Kier molecular flexibility index (Phi) is 4.79. The molecular weight excluding hydrogens is 421 g/mol. The van der Waals surface area contributed by atoms with Gasteiger partial charge in [0.15, 0.2) is 6.10 Å². The van der Waals surface area contributed by atoms with E-state index in [0.29, 0.717) is 11.3 Å². The SMILES string of the molecule is CC(OC(=O)c1ccc2nc[nH]c2c1)C(=O)Nc1ccc(I)cc1. The summed E-state index contributed by atoms with van der Waals surface area (Å²) >= 11 is 2.18. The zero-order valence-electron chi connectivity index (χ0n) is 12.7. The Hall–Kier alpha value is -2.42. The van der Waals surface area contributed by atoms with Crippen LogP contribution in [0.15, 0.2) is 48.8 Å². The van der Waals surface area contributed by atoms with Crippen molar-refractivity contribution in [2.75, 3.05) is 5.32 Å². The fraction of sp³-hybridized carbons (Fsp3) is 0.118. The molecule has 1 amide bonds. The molecule has 6 nitrogen and oxygen atoms in total. The average molecular weight is 435 g/mol. The van der Waals surface area contributed by atoms with Crippen LogP contribution in [0.4, 0.5) is 5.69 Å². The number of rotatable bonds is 4. The minimum atomic E-state index is -0.908. The summed E-state index contributed by atoms with van der Waals surface area (Å²) in [7, 11) is 0. The molecule has 1 heterocycles. The second-order valence-electron chi connectivity index (χ2n) is 5.18. The molecule has 0 spiro atoms. The Morgan fingerprint density at radius 2 is 1.96 bits per heavy atom. The third-order valence-corrected chi connectivity index (χ3v) is 4.14. The number of halogens is 1. The van der Waals surface area contributed by atoms with Crippen LogP contribution >= 0.6 is 22.6 Å². The van der Waals surface area contributed by atoms with E-state index in [2.05, 4.69) is 37.9 Å². The van der Waals surface area contributed by atoms with Gasteiger partial charge in [0.05, 0.1) is 22.9 Å². The van der Waals surface area contributed by atoms with Gasteiger partial charge < -0.3 is 15.0 Å². The lowest BCUT2D eigenvalue weighted by atomic mass is 10.2. The van der Waals surface area contributed by atoms with Crippen LogP contribution < -0.4 is 5.32 Å². The maximum absolute atomic E-state index is 12.2. The number of hydrogen-bond acceptors (Lipinski definition) is 4. The molecule has 0 aliphatic heterocycles. The summed E-state index contributed by atoms with van der Waals surface area (Å²) in [6.45, 7) is 1.54. The van der Waals surface area contributed by atoms with Crippen molar-refractivity contribution in [3.8, 4) is 0 Å². The number of benzene rings is 2. The van der Waals surface area contributed by atoms with Crippen molar-refractivity contribution in [1.82, 2.24) is 9.97 Å². The van der Waals surface area contributed by atoms with Crippen LogP contribution in [0.1, 0.15) is 17.3 Å². The summed E-state index contributed by atoms with van der Waals surface area (Å²) in [5.41, 5.74) is 2.51. The van der Waals surface area contributed by atoms with E-state index in [4.69, 9.17) is 4.74 Å². The first-order valence-electron chi connectivity index (χ1n) is 7.23. The van der Waals surface area contributed by atoms with Crippen LogP contribution in [0.3, 0.4) is 0 Å². The normalized spacial score (nSPS) is 11.9. The van der Waals surface area contributed by atoms with Crippen molar-refractivity contribution >= 4 is 51.2 Å². The zero-order chi connectivity index (χ0) is 17.1. The van der Waals surface area contributed by atoms with Crippen LogP contribution in [0.5, 0.6) is 0 Å². The summed E-state index contributed by atoms with van der Waals surface area (Å²) in [5, 5.41) is 2.72. The Labute approximate surface area is 151 Å². The van der Waals surface area contributed by atoms with Crippen molar-refractivity contribution in [3.05, 3.63) is 57.9 Å². The molecule has 1 unspecified atom stereocenters. The van der Waals surface area contributed by atoms with Crippen LogP contribution in [0.25, 0.3) is 11.0 Å². The van der Waals surface area contributed by atoms with Gasteiger partial charge in [0.1, 0.15) is 0 Å². The number of aromatic amines is 1. The molecule has 3 aromatic rings. The van der Waals surface area contributed by atoms with Gasteiger partial charge in [-0.15, -0.1) is 0 Å². The number of imidazole rings is 1. The molecular formula is C17H14IN3O3. The standard InChI is InChI=1S/C17H14IN3O3/c1-10(16(22)21-13-5-3-12(18)4-6-13)24-17(23)11-2-7-14-15(8-11)20-9-19-14/h2-10H,1H3,(H,19,20)(H,21,22). The molecule has 0 radical (unpaired) electrons. The molecule has 0 aliphatic rings. The highest BCUT2D eigenvalue weighted by atomic mass is 127. The number of H-pyrrole nitrogens is 1. The van der Waals surface area contributed by atoms with Gasteiger partial charge in [-0.3, -0.25) is 4.79 Å². The number of fused-ring (bicyclic) bond motifs is 1. The van der Waals surface area contributed by atoms with E-state index in [9.17, 15) is 9.59 Å². The molecule has 2 N–H and O–H groups in total. The van der Waals surface area contributed by atoms with Crippen molar-refractivity contribution in [2.24, 2.45) is 0 Å². The molecule has 24 heavy (non-hydrogen) atoms. The first-order chi connectivity index (χ1) is 11.5. The van der Waals surface area contributed by atoms with E-state index in [1.54, 1.807) is 36.7 Å². The third-order valence-electron chi connectivity index (χ3n) is 3.42. The molecule has 0 fully saturated rings. The van der Waals surface area contributed by atoms with Crippen LogP contribution in [-0.2, 0) is 9.53 Å². The van der Waals surface area contributed by atoms with Gasteiger partial charge in [-0.25, -0.2) is 9.78 Å². The molecule has 2 aromatic carbocycles. The molecule has 7 heteroatoms. The number of nitrogens with one attached hydrogen (secondary N) is 2. The largest absolute Gasteiger partial charge is 0.449 e. The summed E-state index contributed by atoms with van der Waals surface area (Å²) in [4.78, 5) is 31.3. The summed E-state index contributed by atoms with van der Waals surface area (Å²) in [6, 6.07) is 12.3. The Bertz CT molecular complexity index is 889. The smallest absolute Gasteiger partial charge is 0.338 e. The minimum absolute atomic E-state index is 0.362. The van der Waals surface area contributed by atoms with Gasteiger partial charge in [-0.1, -0.05) is 0 Å². The van der Waals surface area contributed by atoms with E-state index in [1.165, 1.54) is 6.92 Å². The number of amides is 1. The van der Waals surface area contributed by atoms with Crippen molar-refractivity contribution in [3.63, 3.8) is 0 Å². The quantitative estimate of drug-likeness (QED) is 0.487. The van der Waals surface area contributed by atoms with Crippen LogP contribution in [0.2, 0.25) is 0 Å². The fourth-order valence-electron chi connectivity index (χ4n) is 2.12. The number of carbonyl (C=O) groups is 2. The first kappa shape index (κ1) is 16.4. The maximum Gasteiger partial charge on any atom is 0.338 e. The van der Waals surface area contributed by atoms with E-state index >= 15 is 0 Å². The molecule has 0 saturated heterocycles.